The standard InChI is InChI=1S/C21H19F3N4O2/c1-13-6-4-7-14(12-13)18-26-19(30-27-18)17-10-5-11-28(17)20(29)25-16-9-3-2-8-15(16)21(22,23)24/h2-4,6-9,12,17H,5,10-11H2,1H3,(H,25,29). The molecule has 1 unspecified atom stereocenters. The highest BCUT2D eigenvalue weighted by atomic mass is 19.4. The lowest BCUT2D eigenvalue weighted by Crippen LogP contribution is -2.35. The van der Waals surface area contributed by atoms with Gasteiger partial charge in [-0.3, -0.25) is 0 Å². The van der Waals surface area contributed by atoms with Crippen LogP contribution >= 0.6 is 0 Å². The molecule has 1 aliphatic rings. The number of halogens is 3. The van der Waals surface area contributed by atoms with Gasteiger partial charge in [-0.1, -0.05) is 41.1 Å². The summed E-state index contributed by atoms with van der Waals surface area (Å²) in [5.74, 6) is 0.673. The van der Waals surface area contributed by atoms with Gasteiger partial charge in [-0.25, -0.2) is 4.79 Å². The minimum absolute atomic E-state index is 0.267. The van der Waals surface area contributed by atoms with E-state index >= 15 is 0 Å². The van der Waals surface area contributed by atoms with Crippen molar-refractivity contribution in [2.75, 3.05) is 11.9 Å². The summed E-state index contributed by atoms with van der Waals surface area (Å²) < 4.78 is 45.0. The van der Waals surface area contributed by atoms with Crippen LogP contribution in [-0.2, 0) is 6.18 Å². The van der Waals surface area contributed by atoms with Crippen LogP contribution in [-0.4, -0.2) is 27.6 Å². The number of nitrogens with one attached hydrogen (secondary N) is 1. The second-order valence-electron chi connectivity index (χ2n) is 7.15. The second kappa shape index (κ2) is 7.81. The minimum atomic E-state index is -4.57. The number of hydrogen-bond acceptors (Lipinski definition) is 4. The average Bonchev–Trinajstić information content (AvgIpc) is 3.37. The zero-order valence-corrected chi connectivity index (χ0v) is 16.1. The molecule has 4 rings (SSSR count). The summed E-state index contributed by atoms with van der Waals surface area (Å²) in [5.41, 5.74) is 0.655. The van der Waals surface area contributed by atoms with E-state index in [2.05, 4.69) is 15.5 Å². The molecule has 0 radical (unpaired) electrons. The Labute approximate surface area is 170 Å². The molecule has 2 aromatic carbocycles. The van der Waals surface area contributed by atoms with E-state index in [1.165, 1.54) is 23.1 Å². The van der Waals surface area contributed by atoms with Crippen molar-refractivity contribution < 1.29 is 22.5 Å². The summed E-state index contributed by atoms with van der Waals surface area (Å²) in [6.45, 7) is 2.33. The van der Waals surface area contributed by atoms with E-state index in [0.717, 1.165) is 17.2 Å². The molecule has 2 amide bonds. The number of urea groups is 1. The van der Waals surface area contributed by atoms with Gasteiger partial charge in [-0.2, -0.15) is 18.2 Å². The van der Waals surface area contributed by atoms with Crippen molar-refractivity contribution in [3.63, 3.8) is 0 Å². The molecule has 1 aromatic heterocycles. The Hall–Kier alpha value is -3.36. The van der Waals surface area contributed by atoms with Gasteiger partial charge in [0.1, 0.15) is 6.04 Å². The predicted molar refractivity (Wildman–Crippen MR) is 104 cm³/mol. The fourth-order valence-electron chi connectivity index (χ4n) is 3.56. The summed E-state index contributed by atoms with van der Waals surface area (Å²) in [5, 5.41) is 6.38. The molecular formula is C21H19F3N4O2. The number of anilines is 1. The number of likely N-dealkylation sites (tertiary alicyclic amines) is 1. The van der Waals surface area contributed by atoms with Gasteiger partial charge in [0.2, 0.25) is 11.7 Å². The number of rotatable bonds is 3. The van der Waals surface area contributed by atoms with Gasteiger partial charge in [-0.05, 0) is 38.0 Å². The van der Waals surface area contributed by atoms with Crippen LogP contribution in [0.4, 0.5) is 23.7 Å². The molecule has 0 bridgehead atoms. The lowest BCUT2D eigenvalue weighted by molar-refractivity contribution is -0.136. The number of aromatic nitrogens is 2. The maximum atomic E-state index is 13.2. The molecule has 1 atom stereocenters. The predicted octanol–water partition coefficient (Wildman–Crippen LogP) is 5.43. The van der Waals surface area contributed by atoms with Crippen molar-refractivity contribution in [2.45, 2.75) is 32.0 Å². The van der Waals surface area contributed by atoms with Crippen LogP contribution in [0.1, 0.15) is 35.9 Å². The molecule has 0 saturated carbocycles. The third kappa shape index (κ3) is 4.00. The molecule has 156 valence electrons. The number of benzene rings is 2. The van der Waals surface area contributed by atoms with Crippen LogP contribution in [0.3, 0.4) is 0 Å². The van der Waals surface area contributed by atoms with Crippen molar-refractivity contribution >= 4 is 11.7 Å². The average molecular weight is 416 g/mol. The summed E-state index contributed by atoms with van der Waals surface area (Å²) in [7, 11) is 0. The van der Waals surface area contributed by atoms with E-state index in [-0.39, 0.29) is 11.6 Å². The highest BCUT2D eigenvalue weighted by molar-refractivity contribution is 5.90. The van der Waals surface area contributed by atoms with E-state index in [0.29, 0.717) is 25.2 Å². The van der Waals surface area contributed by atoms with E-state index in [9.17, 15) is 18.0 Å². The molecule has 3 aromatic rings. The quantitative estimate of drug-likeness (QED) is 0.618. The zero-order valence-electron chi connectivity index (χ0n) is 16.1. The molecule has 30 heavy (non-hydrogen) atoms. The summed E-state index contributed by atoms with van der Waals surface area (Å²) in [6, 6.07) is 11.4. The van der Waals surface area contributed by atoms with Crippen molar-refractivity contribution in [1.29, 1.82) is 0 Å². The largest absolute Gasteiger partial charge is 0.418 e. The Morgan fingerprint density at radius 1 is 1.20 bits per heavy atom. The third-order valence-corrected chi connectivity index (χ3v) is 4.99. The van der Waals surface area contributed by atoms with Crippen LogP contribution < -0.4 is 5.32 Å². The Bertz CT molecular complexity index is 1060. The first-order valence-electron chi connectivity index (χ1n) is 9.47. The first kappa shape index (κ1) is 19.9. The SMILES string of the molecule is Cc1cccc(-c2noc(C3CCCN3C(=O)Nc3ccccc3C(F)(F)F)n2)c1. The fraction of sp³-hybridized carbons (Fsp3) is 0.286. The van der Waals surface area contributed by atoms with Gasteiger partial charge in [0.25, 0.3) is 0 Å². The third-order valence-electron chi connectivity index (χ3n) is 4.99. The van der Waals surface area contributed by atoms with E-state index < -0.39 is 23.8 Å². The Morgan fingerprint density at radius 2 is 2.00 bits per heavy atom. The Morgan fingerprint density at radius 3 is 2.77 bits per heavy atom. The topological polar surface area (TPSA) is 71.3 Å². The highest BCUT2D eigenvalue weighted by Gasteiger charge is 2.37. The van der Waals surface area contributed by atoms with Gasteiger partial charge >= 0.3 is 12.2 Å². The van der Waals surface area contributed by atoms with Crippen molar-refractivity contribution in [3.8, 4) is 11.4 Å². The van der Waals surface area contributed by atoms with Crippen LogP contribution in [0.2, 0.25) is 0 Å². The second-order valence-corrected chi connectivity index (χ2v) is 7.15. The minimum Gasteiger partial charge on any atom is -0.337 e. The zero-order chi connectivity index (χ0) is 21.3. The van der Waals surface area contributed by atoms with Gasteiger partial charge in [0.05, 0.1) is 11.3 Å². The molecular weight excluding hydrogens is 397 g/mol. The number of nitrogens with zero attached hydrogens (tertiary/aromatic N) is 3. The Kier molecular flexibility index (Phi) is 5.19. The highest BCUT2D eigenvalue weighted by Crippen LogP contribution is 2.36. The molecule has 1 fully saturated rings. The smallest absolute Gasteiger partial charge is 0.337 e. The fourth-order valence-corrected chi connectivity index (χ4v) is 3.56. The molecule has 1 saturated heterocycles. The van der Waals surface area contributed by atoms with Crippen LogP contribution in [0.5, 0.6) is 0 Å². The maximum absolute atomic E-state index is 13.2. The molecule has 6 nitrogen and oxygen atoms in total. The van der Waals surface area contributed by atoms with Gasteiger partial charge < -0.3 is 14.7 Å². The monoisotopic (exact) mass is 416 g/mol. The maximum Gasteiger partial charge on any atom is 0.418 e. The van der Waals surface area contributed by atoms with Crippen LogP contribution in [0.25, 0.3) is 11.4 Å². The number of carbonyl (C=O) groups excluding carboxylic acids is 1. The first-order valence-corrected chi connectivity index (χ1v) is 9.47. The van der Waals surface area contributed by atoms with Crippen LogP contribution in [0, 0.1) is 6.92 Å². The summed E-state index contributed by atoms with van der Waals surface area (Å²) in [6.07, 6.45) is -3.30. The summed E-state index contributed by atoms with van der Waals surface area (Å²) in [4.78, 5) is 18.6. The van der Waals surface area contributed by atoms with Crippen molar-refractivity contribution in [1.82, 2.24) is 15.0 Å². The van der Waals surface area contributed by atoms with Crippen LogP contribution in [0.15, 0.2) is 53.1 Å². The number of para-hydroxylation sites is 1. The number of carbonyl (C=O) groups is 1. The molecule has 0 spiro atoms. The van der Waals surface area contributed by atoms with E-state index in [1.54, 1.807) is 0 Å². The lowest BCUT2D eigenvalue weighted by atomic mass is 10.1. The Balaban J connectivity index is 1.54. The first-order chi connectivity index (χ1) is 14.3. The number of alkyl halides is 3. The molecule has 9 heteroatoms. The lowest BCUT2D eigenvalue weighted by Gasteiger charge is -2.23. The van der Waals surface area contributed by atoms with Gasteiger partial charge in [0, 0.05) is 12.1 Å². The van der Waals surface area contributed by atoms with Crippen molar-refractivity contribution in [2.24, 2.45) is 0 Å². The summed E-state index contributed by atoms with van der Waals surface area (Å²) >= 11 is 0. The number of amides is 2. The van der Waals surface area contributed by atoms with Gasteiger partial charge in [-0.15, -0.1) is 0 Å². The molecule has 2 heterocycles. The molecule has 1 N–H and O–H groups in total. The number of hydrogen-bond donors (Lipinski definition) is 1. The van der Waals surface area contributed by atoms with E-state index in [1.807, 2.05) is 31.2 Å². The molecule has 0 aliphatic carbocycles. The van der Waals surface area contributed by atoms with E-state index in [4.69, 9.17) is 4.52 Å². The molecule has 1 aliphatic heterocycles. The normalized spacial score (nSPS) is 16.7. The van der Waals surface area contributed by atoms with Gasteiger partial charge in [0.15, 0.2) is 0 Å². The van der Waals surface area contributed by atoms with Crippen molar-refractivity contribution in [3.05, 3.63) is 65.5 Å². The number of aryl methyl sites for hydroxylation is 1.